The topological polar surface area (TPSA) is 61.9 Å². The van der Waals surface area contributed by atoms with Gasteiger partial charge in [-0.2, -0.15) is 0 Å². The van der Waals surface area contributed by atoms with Crippen molar-refractivity contribution in [1.82, 2.24) is 9.13 Å². The Hall–Kier alpha value is -6.00. The van der Waals surface area contributed by atoms with Gasteiger partial charge in [0.05, 0.1) is 33.8 Å². The molecule has 0 aliphatic carbocycles. The highest BCUT2D eigenvalue weighted by Crippen LogP contribution is 2.46. The summed E-state index contributed by atoms with van der Waals surface area (Å²) in [5, 5.41) is 1.98. The Morgan fingerprint density at radius 3 is 1.14 bits per heavy atom. The van der Waals surface area contributed by atoms with Gasteiger partial charge < -0.3 is 20.6 Å². The Bertz CT molecular complexity index is 2130. The lowest BCUT2D eigenvalue weighted by atomic mass is 10.0. The summed E-state index contributed by atoms with van der Waals surface area (Å²) in [5.74, 6) is 0. The van der Waals surface area contributed by atoms with Crippen LogP contribution in [0.25, 0.3) is 66.8 Å². The number of hydrogen-bond donors (Lipinski definition) is 2. The zero-order chi connectivity index (χ0) is 29.6. The fourth-order valence-electron chi connectivity index (χ4n) is 6.44. The molecule has 0 radical (unpaired) electrons. The summed E-state index contributed by atoms with van der Waals surface area (Å²) in [6.07, 6.45) is 0. The molecule has 4 N–H and O–H groups in total. The predicted molar refractivity (Wildman–Crippen MR) is 185 cm³/mol. The second-order valence-electron chi connectivity index (χ2n) is 11.1. The fourth-order valence-corrected chi connectivity index (χ4v) is 6.44. The second kappa shape index (κ2) is 10.4. The smallest absolute Gasteiger partial charge is 0.0964 e. The largest absolute Gasteiger partial charge is 0.396 e. The van der Waals surface area contributed by atoms with E-state index in [1.54, 1.807) is 0 Å². The Labute approximate surface area is 256 Å². The van der Waals surface area contributed by atoms with Crippen LogP contribution >= 0.6 is 0 Å². The van der Waals surface area contributed by atoms with Gasteiger partial charge in [-0.05, 0) is 58.7 Å². The molecular formula is C40H30N4. The maximum Gasteiger partial charge on any atom is 0.0964 e. The molecule has 8 rings (SSSR count). The molecule has 210 valence electrons. The van der Waals surface area contributed by atoms with E-state index in [-0.39, 0.29) is 0 Å². The summed E-state index contributed by atoms with van der Waals surface area (Å²) in [5.41, 5.74) is 26.1. The highest BCUT2D eigenvalue weighted by molar-refractivity contribution is 6.09. The Morgan fingerprint density at radius 1 is 0.341 bits per heavy atom. The molecule has 0 spiro atoms. The van der Waals surface area contributed by atoms with Gasteiger partial charge in [0.2, 0.25) is 0 Å². The number of para-hydroxylation sites is 2. The SMILES string of the molecule is Nc1c(-c2c(N)c3ccccc3n2-c2cccc(-c3ccccc3)c2)n(-c2cccc(-c3ccccc3)c2)c2ccccc12. The maximum atomic E-state index is 7.13. The number of benzene rings is 6. The van der Waals surface area contributed by atoms with Crippen molar-refractivity contribution < 1.29 is 0 Å². The number of nitrogen functional groups attached to an aromatic ring is 2. The van der Waals surface area contributed by atoms with Crippen LogP contribution in [0.1, 0.15) is 0 Å². The first-order chi connectivity index (χ1) is 21.7. The quantitative estimate of drug-likeness (QED) is 0.218. The number of hydrogen-bond acceptors (Lipinski definition) is 2. The van der Waals surface area contributed by atoms with Gasteiger partial charge in [-0.3, -0.25) is 0 Å². The average molecular weight is 567 g/mol. The number of rotatable bonds is 5. The van der Waals surface area contributed by atoms with Gasteiger partial charge in [-0.25, -0.2) is 0 Å². The third kappa shape index (κ3) is 4.08. The molecular weight excluding hydrogens is 536 g/mol. The Balaban J connectivity index is 1.45. The molecule has 0 aliphatic heterocycles. The maximum absolute atomic E-state index is 7.13. The second-order valence-corrected chi connectivity index (χ2v) is 11.1. The van der Waals surface area contributed by atoms with E-state index >= 15 is 0 Å². The van der Waals surface area contributed by atoms with Crippen molar-refractivity contribution in [2.24, 2.45) is 0 Å². The highest BCUT2D eigenvalue weighted by Gasteiger charge is 2.26. The number of fused-ring (bicyclic) bond motifs is 2. The predicted octanol–water partition coefficient (Wildman–Crippen LogP) is 9.74. The number of anilines is 2. The van der Waals surface area contributed by atoms with E-state index in [1.165, 1.54) is 0 Å². The average Bonchev–Trinajstić information content (AvgIpc) is 3.55. The first kappa shape index (κ1) is 25.7. The molecule has 2 aromatic heterocycles. The van der Waals surface area contributed by atoms with Crippen molar-refractivity contribution in [2.45, 2.75) is 0 Å². The summed E-state index contributed by atoms with van der Waals surface area (Å²) in [6.45, 7) is 0. The lowest BCUT2D eigenvalue weighted by Gasteiger charge is -2.17. The molecule has 44 heavy (non-hydrogen) atoms. The van der Waals surface area contributed by atoms with Crippen LogP contribution in [-0.4, -0.2) is 9.13 Å². The number of nitrogens with two attached hydrogens (primary N) is 2. The van der Waals surface area contributed by atoms with E-state index in [0.29, 0.717) is 11.4 Å². The zero-order valence-electron chi connectivity index (χ0n) is 24.1. The summed E-state index contributed by atoms with van der Waals surface area (Å²) in [7, 11) is 0. The molecule has 0 saturated heterocycles. The van der Waals surface area contributed by atoms with Crippen LogP contribution < -0.4 is 11.5 Å². The van der Waals surface area contributed by atoms with Crippen molar-refractivity contribution in [2.75, 3.05) is 11.5 Å². The third-order valence-electron chi connectivity index (χ3n) is 8.47. The third-order valence-corrected chi connectivity index (χ3v) is 8.47. The minimum absolute atomic E-state index is 0.695. The first-order valence-electron chi connectivity index (χ1n) is 14.8. The molecule has 0 saturated carbocycles. The van der Waals surface area contributed by atoms with E-state index in [4.69, 9.17) is 11.5 Å². The van der Waals surface area contributed by atoms with Crippen molar-refractivity contribution in [3.05, 3.63) is 158 Å². The van der Waals surface area contributed by atoms with Crippen LogP contribution in [-0.2, 0) is 0 Å². The molecule has 0 amide bonds. The lowest BCUT2D eigenvalue weighted by molar-refractivity contribution is 1.07. The lowest BCUT2D eigenvalue weighted by Crippen LogP contribution is -2.05. The van der Waals surface area contributed by atoms with Gasteiger partial charge in [-0.15, -0.1) is 0 Å². The highest BCUT2D eigenvalue weighted by atomic mass is 15.1. The first-order valence-corrected chi connectivity index (χ1v) is 14.8. The normalized spacial score (nSPS) is 11.4. The van der Waals surface area contributed by atoms with Gasteiger partial charge >= 0.3 is 0 Å². The van der Waals surface area contributed by atoms with Gasteiger partial charge in [0.1, 0.15) is 0 Å². The minimum Gasteiger partial charge on any atom is -0.396 e. The molecule has 0 fully saturated rings. The Kier molecular flexibility index (Phi) is 6.05. The standard InChI is InChI=1S/C40H30N4/c41-37-33-21-7-9-23-35(33)43(31-19-11-17-29(25-31)27-13-3-1-4-14-27)39(37)40-38(42)34-22-8-10-24-36(34)44(40)32-20-12-18-30(26-32)28-15-5-2-6-16-28/h1-26H,41-42H2. The number of aromatic nitrogens is 2. The van der Waals surface area contributed by atoms with Crippen molar-refractivity contribution in [3.8, 4) is 45.0 Å². The minimum atomic E-state index is 0.695. The van der Waals surface area contributed by atoms with E-state index in [0.717, 1.165) is 66.8 Å². The molecule has 0 aliphatic rings. The van der Waals surface area contributed by atoms with Gasteiger partial charge in [0.25, 0.3) is 0 Å². The van der Waals surface area contributed by atoms with E-state index in [1.807, 2.05) is 24.3 Å². The molecule has 4 nitrogen and oxygen atoms in total. The van der Waals surface area contributed by atoms with Crippen molar-refractivity contribution in [1.29, 1.82) is 0 Å². The molecule has 4 heteroatoms. The fraction of sp³-hybridized carbons (Fsp3) is 0. The van der Waals surface area contributed by atoms with Gasteiger partial charge in [-0.1, -0.05) is 121 Å². The van der Waals surface area contributed by atoms with Gasteiger partial charge in [0.15, 0.2) is 0 Å². The van der Waals surface area contributed by atoms with Gasteiger partial charge in [0, 0.05) is 22.1 Å². The summed E-state index contributed by atoms with van der Waals surface area (Å²) < 4.78 is 4.53. The van der Waals surface area contributed by atoms with E-state index < -0.39 is 0 Å². The van der Waals surface area contributed by atoms with Crippen LogP contribution in [0.5, 0.6) is 0 Å². The molecule has 0 unspecified atom stereocenters. The van der Waals surface area contributed by atoms with E-state index in [2.05, 4.69) is 143 Å². The number of nitrogens with zero attached hydrogens (tertiary/aromatic N) is 2. The molecule has 6 aromatic carbocycles. The van der Waals surface area contributed by atoms with Crippen LogP contribution in [0.15, 0.2) is 158 Å². The monoisotopic (exact) mass is 566 g/mol. The molecule has 0 bridgehead atoms. The van der Waals surface area contributed by atoms with Crippen LogP contribution in [0, 0.1) is 0 Å². The van der Waals surface area contributed by atoms with Crippen LogP contribution in [0.2, 0.25) is 0 Å². The summed E-state index contributed by atoms with van der Waals surface area (Å²) >= 11 is 0. The Morgan fingerprint density at radius 2 is 0.705 bits per heavy atom. The van der Waals surface area contributed by atoms with Crippen LogP contribution in [0.3, 0.4) is 0 Å². The van der Waals surface area contributed by atoms with Crippen molar-refractivity contribution >= 4 is 33.2 Å². The summed E-state index contributed by atoms with van der Waals surface area (Å²) in [4.78, 5) is 0. The molecule has 2 heterocycles. The van der Waals surface area contributed by atoms with Crippen molar-refractivity contribution in [3.63, 3.8) is 0 Å². The zero-order valence-corrected chi connectivity index (χ0v) is 24.1. The molecule has 0 atom stereocenters. The molecule has 8 aromatic rings. The van der Waals surface area contributed by atoms with Crippen LogP contribution in [0.4, 0.5) is 11.4 Å². The summed E-state index contributed by atoms with van der Waals surface area (Å²) in [6, 6.07) is 54.8. The van der Waals surface area contributed by atoms with E-state index in [9.17, 15) is 0 Å².